The van der Waals surface area contributed by atoms with Crippen molar-refractivity contribution in [3.63, 3.8) is 0 Å². The maximum Gasteiger partial charge on any atom is 0.273 e. The van der Waals surface area contributed by atoms with Gasteiger partial charge in [-0.1, -0.05) is 11.6 Å². The van der Waals surface area contributed by atoms with E-state index in [2.05, 4.69) is 20.5 Å². The minimum Gasteiger partial charge on any atom is -0.395 e. The Bertz CT molecular complexity index is 450. The van der Waals surface area contributed by atoms with Gasteiger partial charge in [0.25, 0.3) is 5.91 Å². The number of rotatable bonds is 7. The maximum absolute atomic E-state index is 11.9. The first-order valence-electron chi connectivity index (χ1n) is 7.48. The van der Waals surface area contributed by atoms with Gasteiger partial charge in [-0.15, -0.1) is 5.10 Å². The lowest BCUT2D eigenvalue weighted by atomic mass is 10.0. The molecule has 1 aromatic heterocycles. The Hall–Kier alpha value is -1.51. The van der Waals surface area contributed by atoms with E-state index in [-0.39, 0.29) is 18.6 Å². The predicted molar refractivity (Wildman–Crippen MR) is 77.7 cm³/mol. The van der Waals surface area contributed by atoms with E-state index >= 15 is 0 Å². The summed E-state index contributed by atoms with van der Waals surface area (Å²) in [5.41, 5.74) is 5.73. The zero-order valence-corrected chi connectivity index (χ0v) is 12.2. The number of carbonyl (C=O) groups excluding carboxylic acids is 1. The summed E-state index contributed by atoms with van der Waals surface area (Å²) in [4.78, 5) is 14.2. The summed E-state index contributed by atoms with van der Waals surface area (Å²) in [5, 5.41) is 19.8. The predicted octanol–water partition coefficient (Wildman–Crippen LogP) is -1.19. The summed E-state index contributed by atoms with van der Waals surface area (Å²) >= 11 is 0. The van der Waals surface area contributed by atoms with Crippen molar-refractivity contribution in [2.24, 2.45) is 5.73 Å². The number of aliphatic hydroxyl groups is 1. The van der Waals surface area contributed by atoms with Gasteiger partial charge in [0.1, 0.15) is 0 Å². The van der Waals surface area contributed by atoms with Gasteiger partial charge in [0, 0.05) is 25.7 Å². The topological polar surface area (TPSA) is 109 Å². The van der Waals surface area contributed by atoms with Crippen LogP contribution in [0.25, 0.3) is 0 Å². The van der Waals surface area contributed by atoms with Gasteiger partial charge in [0.15, 0.2) is 5.69 Å². The SMILES string of the molecule is NCCn1cc(C(=O)NCCN2CCCCC2CO)nn1. The number of nitrogens with one attached hydrogen (secondary N) is 1. The molecule has 8 heteroatoms. The molecular weight excluding hydrogens is 272 g/mol. The molecular formula is C13H24N6O2. The Morgan fingerprint density at radius 3 is 3.10 bits per heavy atom. The van der Waals surface area contributed by atoms with Crippen LogP contribution in [-0.2, 0) is 6.54 Å². The summed E-state index contributed by atoms with van der Waals surface area (Å²) in [7, 11) is 0. The van der Waals surface area contributed by atoms with Gasteiger partial charge in [0.05, 0.1) is 19.3 Å². The number of hydrogen-bond acceptors (Lipinski definition) is 6. The molecule has 1 atom stereocenters. The van der Waals surface area contributed by atoms with Crippen molar-refractivity contribution in [1.82, 2.24) is 25.2 Å². The highest BCUT2D eigenvalue weighted by atomic mass is 16.3. The van der Waals surface area contributed by atoms with Crippen LogP contribution in [0.5, 0.6) is 0 Å². The Labute approximate surface area is 124 Å². The molecule has 0 spiro atoms. The smallest absolute Gasteiger partial charge is 0.273 e. The van der Waals surface area contributed by atoms with Crippen molar-refractivity contribution in [3.8, 4) is 0 Å². The van der Waals surface area contributed by atoms with E-state index in [1.807, 2.05) is 0 Å². The van der Waals surface area contributed by atoms with Gasteiger partial charge in [-0.05, 0) is 19.4 Å². The average Bonchev–Trinajstić information content (AvgIpc) is 2.97. The van der Waals surface area contributed by atoms with Crippen LogP contribution in [0.2, 0.25) is 0 Å². The molecule has 0 aromatic carbocycles. The van der Waals surface area contributed by atoms with E-state index < -0.39 is 0 Å². The van der Waals surface area contributed by atoms with Gasteiger partial charge in [-0.2, -0.15) is 0 Å². The van der Waals surface area contributed by atoms with Crippen LogP contribution in [0.3, 0.4) is 0 Å². The van der Waals surface area contributed by atoms with Gasteiger partial charge in [0.2, 0.25) is 0 Å². The largest absolute Gasteiger partial charge is 0.395 e. The summed E-state index contributed by atoms with van der Waals surface area (Å²) in [5.74, 6) is -0.226. The second-order valence-electron chi connectivity index (χ2n) is 5.28. The van der Waals surface area contributed by atoms with Crippen molar-refractivity contribution in [2.75, 3.05) is 32.8 Å². The Morgan fingerprint density at radius 2 is 2.33 bits per heavy atom. The van der Waals surface area contributed by atoms with Crippen LogP contribution in [-0.4, -0.2) is 69.7 Å². The number of likely N-dealkylation sites (tertiary alicyclic amines) is 1. The number of aromatic nitrogens is 3. The summed E-state index contributed by atoms with van der Waals surface area (Å²) < 4.78 is 1.56. The second-order valence-corrected chi connectivity index (χ2v) is 5.28. The highest BCUT2D eigenvalue weighted by Gasteiger charge is 2.21. The molecule has 1 amide bonds. The standard InChI is InChI=1S/C13H24N6O2/c14-4-7-19-9-12(16-17-19)13(21)15-5-8-18-6-2-1-3-11(18)10-20/h9,11,20H,1-8,10,14H2,(H,15,21). The van der Waals surface area contributed by atoms with Gasteiger partial charge in [-0.25, -0.2) is 0 Å². The third-order valence-electron chi connectivity index (χ3n) is 3.77. The third-order valence-corrected chi connectivity index (χ3v) is 3.77. The summed E-state index contributed by atoms with van der Waals surface area (Å²) in [6, 6.07) is 0.223. The number of carbonyl (C=O) groups is 1. The van der Waals surface area contributed by atoms with Crippen LogP contribution in [0.15, 0.2) is 6.20 Å². The zero-order chi connectivity index (χ0) is 15.1. The molecule has 1 unspecified atom stereocenters. The van der Waals surface area contributed by atoms with Crippen molar-refractivity contribution in [3.05, 3.63) is 11.9 Å². The Balaban J connectivity index is 1.75. The fraction of sp³-hybridized carbons (Fsp3) is 0.769. The fourth-order valence-electron chi connectivity index (χ4n) is 2.61. The third kappa shape index (κ3) is 4.48. The van der Waals surface area contributed by atoms with Crippen LogP contribution in [0, 0.1) is 0 Å². The van der Waals surface area contributed by atoms with Crippen LogP contribution in [0.4, 0.5) is 0 Å². The molecule has 1 aliphatic rings. The monoisotopic (exact) mass is 296 g/mol. The van der Waals surface area contributed by atoms with Crippen LogP contribution >= 0.6 is 0 Å². The van der Waals surface area contributed by atoms with E-state index in [4.69, 9.17) is 5.73 Å². The number of nitrogens with two attached hydrogens (primary N) is 1. The molecule has 4 N–H and O–H groups in total. The van der Waals surface area contributed by atoms with Crippen LogP contribution < -0.4 is 11.1 Å². The maximum atomic E-state index is 11.9. The summed E-state index contributed by atoms with van der Waals surface area (Å²) in [6.07, 6.45) is 4.94. The van der Waals surface area contributed by atoms with E-state index in [0.29, 0.717) is 25.3 Å². The van der Waals surface area contributed by atoms with Crippen molar-refractivity contribution in [1.29, 1.82) is 0 Å². The zero-order valence-electron chi connectivity index (χ0n) is 12.2. The van der Waals surface area contributed by atoms with E-state index in [9.17, 15) is 9.90 Å². The minimum absolute atomic E-state index is 0.182. The lowest BCUT2D eigenvalue weighted by molar-refractivity contribution is 0.0847. The molecule has 0 radical (unpaired) electrons. The molecule has 21 heavy (non-hydrogen) atoms. The molecule has 0 bridgehead atoms. The van der Waals surface area contributed by atoms with Crippen LogP contribution in [0.1, 0.15) is 29.8 Å². The molecule has 8 nitrogen and oxygen atoms in total. The van der Waals surface area contributed by atoms with Gasteiger partial charge in [-0.3, -0.25) is 14.4 Å². The number of nitrogens with zero attached hydrogens (tertiary/aromatic N) is 4. The van der Waals surface area contributed by atoms with E-state index in [0.717, 1.165) is 25.9 Å². The van der Waals surface area contributed by atoms with E-state index in [1.165, 1.54) is 6.42 Å². The molecule has 2 heterocycles. The van der Waals surface area contributed by atoms with Gasteiger partial charge < -0.3 is 16.2 Å². The first-order valence-corrected chi connectivity index (χ1v) is 7.48. The molecule has 1 saturated heterocycles. The average molecular weight is 296 g/mol. The second kappa shape index (κ2) is 8.06. The highest BCUT2D eigenvalue weighted by molar-refractivity contribution is 5.91. The molecule has 1 aromatic rings. The van der Waals surface area contributed by atoms with Crippen molar-refractivity contribution in [2.45, 2.75) is 31.8 Å². The highest BCUT2D eigenvalue weighted by Crippen LogP contribution is 2.15. The van der Waals surface area contributed by atoms with Gasteiger partial charge >= 0.3 is 0 Å². The molecule has 118 valence electrons. The quantitative estimate of drug-likeness (QED) is 0.584. The minimum atomic E-state index is -0.226. The Kier molecular flexibility index (Phi) is 6.09. The van der Waals surface area contributed by atoms with Crippen molar-refractivity contribution < 1.29 is 9.90 Å². The Morgan fingerprint density at radius 1 is 1.48 bits per heavy atom. The van der Waals surface area contributed by atoms with Crippen molar-refractivity contribution >= 4 is 5.91 Å². The molecule has 0 saturated carbocycles. The molecule has 1 aliphatic heterocycles. The number of piperidine rings is 1. The molecule has 1 fully saturated rings. The number of aliphatic hydroxyl groups excluding tert-OH is 1. The lowest BCUT2D eigenvalue weighted by Gasteiger charge is -2.34. The lowest BCUT2D eigenvalue weighted by Crippen LogP contribution is -2.45. The molecule has 0 aliphatic carbocycles. The number of hydrogen-bond donors (Lipinski definition) is 3. The first-order chi connectivity index (χ1) is 10.2. The molecule has 2 rings (SSSR count). The normalized spacial score (nSPS) is 19.6. The van der Waals surface area contributed by atoms with E-state index in [1.54, 1.807) is 10.9 Å². The first kappa shape index (κ1) is 15.9. The summed E-state index contributed by atoms with van der Waals surface area (Å²) in [6.45, 7) is 3.45. The number of amides is 1. The fourth-order valence-corrected chi connectivity index (χ4v) is 2.61.